The van der Waals surface area contributed by atoms with Crippen molar-refractivity contribution in [3.63, 3.8) is 0 Å². The Hall–Kier alpha value is -2.17. The Morgan fingerprint density at radius 1 is 1.09 bits per heavy atom. The molecule has 5 heteroatoms. The Morgan fingerprint density at radius 2 is 1.83 bits per heavy atom. The number of halogens is 1. The van der Waals surface area contributed by atoms with E-state index < -0.39 is 0 Å². The molecule has 0 spiro atoms. The average molecular weight is 343 g/mol. The molecule has 1 heterocycles. The van der Waals surface area contributed by atoms with Gasteiger partial charge in [0.2, 0.25) is 5.91 Å². The number of carbonyl (C=O) groups is 1. The Balaban J connectivity index is 1.61. The molecule has 0 unspecified atom stereocenters. The van der Waals surface area contributed by atoms with Gasteiger partial charge in [-0.2, -0.15) is 0 Å². The van der Waals surface area contributed by atoms with Gasteiger partial charge in [-0.25, -0.2) is 4.98 Å². The first-order valence-electron chi connectivity index (χ1n) is 7.26. The molecule has 0 aliphatic carbocycles. The van der Waals surface area contributed by atoms with Gasteiger partial charge >= 0.3 is 0 Å². The lowest BCUT2D eigenvalue weighted by Gasteiger charge is -2.02. The second-order valence-corrected chi connectivity index (χ2v) is 6.32. The minimum atomic E-state index is -0.0334. The van der Waals surface area contributed by atoms with Crippen LogP contribution in [0.4, 0.5) is 5.13 Å². The summed E-state index contributed by atoms with van der Waals surface area (Å²) >= 11 is 7.57. The second kappa shape index (κ2) is 7.40. The standard InChI is InChI=1S/C18H15ClN2OS/c19-15-9-5-4-8-14(15)16-12-23-18(20-16)21-17(22)11-10-13-6-2-1-3-7-13/h1-9,12H,10-11H2,(H,20,21,22). The van der Waals surface area contributed by atoms with Gasteiger partial charge in [0.1, 0.15) is 0 Å². The summed E-state index contributed by atoms with van der Waals surface area (Å²) in [6, 6.07) is 17.5. The van der Waals surface area contributed by atoms with Crippen LogP contribution in [0, 0.1) is 0 Å². The van der Waals surface area contributed by atoms with Crippen molar-refractivity contribution in [2.45, 2.75) is 12.8 Å². The van der Waals surface area contributed by atoms with E-state index in [9.17, 15) is 4.79 Å². The van der Waals surface area contributed by atoms with E-state index in [4.69, 9.17) is 11.6 Å². The molecule has 0 fully saturated rings. The van der Waals surface area contributed by atoms with Crippen molar-refractivity contribution in [1.29, 1.82) is 0 Å². The molecule has 0 atom stereocenters. The minimum absolute atomic E-state index is 0.0334. The first-order chi connectivity index (χ1) is 11.2. The van der Waals surface area contributed by atoms with Crippen LogP contribution in [-0.4, -0.2) is 10.9 Å². The molecule has 3 nitrogen and oxygen atoms in total. The van der Waals surface area contributed by atoms with Crippen LogP contribution in [0.1, 0.15) is 12.0 Å². The van der Waals surface area contributed by atoms with Crippen molar-refractivity contribution in [2.24, 2.45) is 0 Å². The van der Waals surface area contributed by atoms with E-state index in [1.165, 1.54) is 11.3 Å². The smallest absolute Gasteiger partial charge is 0.226 e. The largest absolute Gasteiger partial charge is 0.302 e. The molecule has 0 aliphatic rings. The molecule has 116 valence electrons. The number of aromatic nitrogens is 1. The number of hydrogen-bond donors (Lipinski definition) is 1. The lowest BCUT2D eigenvalue weighted by atomic mass is 10.1. The molecule has 0 aliphatic heterocycles. The quantitative estimate of drug-likeness (QED) is 0.706. The van der Waals surface area contributed by atoms with Gasteiger partial charge in [-0.05, 0) is 18.1 Å². The zero-order valence-electron chi connectivity index (χ0n) is 12.3. The highest BCUT2D eigenvalue weighted by molar-refractivity contribution is 7.14. The van der Waals surface area contributed by atoms with E-state index in [0.29, 0.717) is 16.6 Å². The van der Waals surface area contributed by atoms with Crippen LogP contribution in [0.5, 0.6) is 0 Å². The molecule has 3 aromatic rings. The molecular weight excluding hydrogens is 328 g/mol. The topological polar surface area (TPSA) is 42.0 Å². The molecule has 1 aromatic heterocycles. The predicted molar refractivity (Wildman–Crippen MR) is 96.0 cm³/mol. The highest BCUT2D eigenvalue weighted by atomic mass is 35.5. The van der Waals surface area contributed by atoms with Crippen LogP contribution in [0.3, 0.4) is 0 Å². The van der Waals surface area contributed by atoms with E-state index in [0.717, 1.165) is 23.2 Å². The van der Waals surface area contributed by atoms with E-state index in [-0.39, 0.29) is 5.91 Å². The number of anilines is 1. The Bertz CT molecular complexity index is 802. The van der Waals surface area contributed by atoms with Gasteiger partial charge in [0.25, 0.3) is 0 Å². The van der Waals surface area contributed by atoms with Gasteiger partial charge in [-0.15, -0.1) is 11.3 Å². The number of thiazole rings is 1. The molecule has 1 N–H and O–H groups in total. The number of benzene rings is 2. The highest BCUT2D eigenvalue weighted by Gasteiger charge is 2.10. The third-order valence-electron chi connectivity index (χ3n) is 3.38. The number of carbonyl (C=O) groups excluding carboxylic acids is 1. The second-order valence-electron chi connectivity index (χ2n) is 5.05. The van der Waals surface area contributed by atoms with Crippen LogP contribution in [-0.2, 0) is 11.2 Å². The molecular formula is C18H15ClN2OS. The lowest BCUT2D eigenvalue weighted by molar-refractivity contribution is -0.116. The van der Waals surface area contributed by atoms with Crippen molar-refractivity contribution < 1.29 is 4.79 Å². The van der Waals surface area contributed by atoms with E-state index in [1.54, 1.807) is 0 Å². The summed E-state index contributed by atoms with van der Waals surface area (Å²) in [5.74, 6) is -0.0334. The number of nitrogens with zero attached hydrogens (tertiary/aromatic N) is 1. The first kappa shape index (κ1) is 15.7. The molecule has 0 bridgehead atoms. The predicted octanol–water partition coefficient (Wildman–Crippen LogP) is 5.03. The number of nitrogens with one attached hydrogen (secondary N) is 1. The molecule has 0 saturated carbocycles. The summed E-state index contributed by atoms with van der Waals surface area (Å²) in [5.41, 5.74) is 2.80. The Morgan fingerprint density at radius 3 is 2.61 bits per heavy atom. The summed E-state index contributed by atoms with van der Waals surface area (Å²) in [7, 11) is 0. The zero-order valence-corrected chi connectivity index (χ0v) is 13.9. The Labute approximate surface area is 144 Å². The number of rotatable bonds is 5. The molecule has 1 amide bonds. The normalized spacial score (nSPS) is 10.5. The van der Waals surface area contributed by atoms with E-state index in [2.05, 4.69) is 10.3 Å². The third-order valence-corrected chi connectivity index (χ3v) is 4.47. The van der Waals surface area contributed by atoms with Crippen LogP contribution in [0.2, 0.25) is 5.02 Å². The molecule has 0 saturated heterocycles. The van der Waals surface area contributed by atoms with Crippen LogP contribution >= 0.6 is 22.9 Å². The van der Waals surface area contributed by atoms with Crippen LogP contribution in [0.25, 0.3) is 11.3 Å². The molecule has 3 rings (SSSR count). The lowest BCUT2D eigenvalue weighted by Crippen LogP contribution is -2.12. The summed E-state index contributed by atoms with van der Waals surface area (Å²) in [6.45, 7) is 0. The maximum atomic E-state index is 12.0. The van der Waals surface area contributed by atoms with Crippen LogP contribution < -0.4 is 5.32 Å². The first-order valence-corrected chi connectivity index (χ1v) is 8.52. The van der Waals surface area contributed by atoms with Gasteiger partial charge < -0.3 is 5.32 Å². The summed E-state index contributed by atoms with van der Waals surface area (Å²) in [4.78, 5) is 16.5. The van der Waals surface area contributed by atoms with Gasteiger partial charge in [0, 0.05) is 22.4 Å². The summed E-state index contributed by atoms with van der Waals surface area (Å²) in [6.07, 6.45) is 1.15. The molecule has 0 radical (unpaired) electrons. The maximum absolute atomic E-state index is 12.0. The molecule has 2 aromatic carbocycles. The van der Waals surface area contributed by atoms with E-state index >= 15 is 0 Å². The summed E-state index contributed by atoms with van der Waals surface area (Å²) < 4.78 is 0. The summed E-state index contributed by atoms with van der Waals surface area (Å²) in [5, 5.41) is 5.99. The van der Waals surface area contributed by atoms with Gasteiger partial charge in [0.05, 0.1) is 5.69 Å². The minimum Gasteiger partial charge on any atom is -0.302 e. The maximum Gasteiger partial charge on any atom is 0.226 e. The van der Waals surface area contributed by atoms with Crippen molar-refractivity contribution >= 4 is 34.0 Å². The van der Waals surface area contributed by atoms with Crippen molar-refractivity contribution in [1.82, 2.24) is 4.98 Å². The molecule has 23 heavy (non-hydrogen) atoms. The van der Waals surface area contributed by atoms with Crippen LogP contribution in [0.15, 0.2) is 60.0 Å². The fourth-order valence-corrected chi connectivity index (χ4v) is 3.17. The zero-order chi connectivity index (χ0) is 16.1. The average Bonchev–Trinajstić information content (AvgIpc) is 3.02. The SMILES string of the molecule is O=C(CCc1ccccc1)Nc1nc(-c2ccccc2Cl)cs1. The third kappa shape index (κ3) is 4.18. The monoisotopic (exact) mass is 342 g/mol. The van der Waals surface area contributed by atoms with Gasteiger partial charge in [0.15, 0.2) is 5.13 Å². The van der Waals surface area contributed by atoms with Crippen molar-refractivity contribution in [3.8, 4) is 11.3 Å². The number of aryl methyl sites for hydroxylation is 1. The van der Waals surface area contributed by atoms with Gasteiger partial charge in [-0.1, -0.05) is 60.1 Å². The number of hydrogen-bond acceptors (Lipinski definition) is 3. The Kier molecular flexibility index (Phi) is 5.05. The fourth-order valence-electron chi connectivity index (χ4n) is 2.21. The van der Waals surface area contributed by atoms with Crippen molar-refractivity contribution in [2.75, 3.05) is 5.32 Å². The van der Waals surface area contributed by atoms with Crippen molar-refractivity contribution in [3.05, 3.63) is 70.6 Å². The highest BCUT2D eigenvalue weighted by Crippen LogP contribution is 2.30. The number of amides is 1. The fraction of sp³-hybridized carbons (Fsp3) is 0.111. The van der Waals surface area contributed by atoms with Gasteiger partial charge in [-0.3, -0.25) is 4.79 Å². The van der Waals surface area contributed by atoms with E-state index in [1.807, 2.05) is 60.0 Å².